The lowest BCUT2D eigenvalue weighted by Gasteiger charge is -2.27. The molecule has 0 saturated carbocycles. The zero-order valence-corrected chi connectivity index (χ0v) is 13.4. The van der Waals surface area contributed by atoms with E-state index in [0.717, 1.165) is 24.8 Å². The van der Waals surface area contributed by atoms with E-state index in [1.54, 1.807) is 6.92 Å². The third-order valence-electron chi connectivity index (χ3n) is 3.64. The van der Waals surface area contributed by atoms with E-state index in [-0.39, 0.29) is 12.9 Å². The molecule has 0 amide bonds. The predicted molar refractivity (Wildman–Crippen MR) is 85.5 cm³/mol. The summed E-state index contributed by atoms with van der Waals surface area (Å²) >= 11 is 0. The highest BCUT2D eigenvalue weighted by atomic mass is 16.7. The summed E-state index contributed by atoms with van der Waals surface area (Å²) in [5.74, 6) is -0.492. The van der Waals surface area contributed by atoms with Gasteiger partial charge in [-0.25, -0.2) is 4.79 Å². The standard InChI is InChI=1S/C18H24O5/c1-14(23-18-9-5-6-12-21-18)16(19)10-11-17(20)22-13-15-7-3-2-4-8-15/h2-4,7-8,10-11,14,16,18-19H,5-6,9,12-13H2,1H3/b11-10+/t14-,16+,18?/m0/s1. The second kappa shape index (κ2) is 9.45. The summed E-state index contributed by atoms with van der Waals surface area (Å²) in [6, 6.07) is 9.43. The van der Waals surface area contributed by atoms with Gasteiger partial charge in [0.1, 0.15) is 6.61 Å². The SMILES string of the molecule is C[C@H](OC1CCCCO1)[C@H](O)/C=C/C(=O)OCc1ccccc1. The van der Waals surface area contributed by atoms with Crippen LogP contribution >= 0.6 is 0 Å². The molecule has 23 heavy (non-hydrogen) atoms. The van der Waals surface area contributed by atoms with E-state index in [0.29, 0.717) is 6.61 Å². The number of hydrogen-bond donors (Lipinski definition) is 1. The van der Waals surface area contributed by atoms with Crippen LogP contribution in [0.5, 0.6) is 0 Å². The number of aliphatic hydroxyl groups excluding tert-OH is 1. The van der Waals surface area contributed by atoms with Gasteiger partial charge in [-0.1, -0.05) is 30.3 Å². The van der Waals surface area contributed by atoms with Gasteiger partial charge in [-0.3, -0.25) is 0 Å². The van der Waals surface area contributed by atoms with E-state index in [2.05, 4.69) is 0 Å². The molecule has 1 aliphatic heterocycles. The average Bonchev–Trinajstić information content (AvgIpc) is 2.59. The molecule has 1 aromatic carbocycles. The van der Waals surface area contributed by atoms with Crippen LogP contribution in [0.3, 0.4) is 0 Å². The Bertz CT molecular complexity index is 493. The molecule has 2 rings (SSSR count). The van der Waals surface area contributed by atoms with Crippen LogP contribution in [0, 0.1) is 0 Å². The van der Waals surface area contributed by atoms with Crippen LogP contribution in [0.15, 0.2) is 42.5 Å². The van der Waals surface area contributed by atoms with Crippen LogP contribution < -0.4 is 0 Å². The molecule has 3 atom stereocenters. The molecular formula is C18H24O5. The highest BCUT2D eigenvalue weighted by Gasteiger charge is 2.20. The van der Waals surface area contributed by atoms with Crippen LogP contribution in [0.25, 0.3) is 0 Å². The molecule has 0 radical (unpaired) electrons. The third kappa shape index (κ3) is 6.52. The van der Waals surface area contributed by atoms with Crippen molar-refractivity contribution < 1.29 is 24.1 Å². The van der Waals surface area contributed by atoms with Gasteiger partial charge in [-0.05, 0) is 37.8 Å². The van der Waals surface area contributed by atoms with Crippen molar-refractivity contribution in [2.45, 2.75) is 51.3 Å². The van der Waals surface area contributed by atoms with E-state index in [1.165, 1.54) is 12.2 Å². The molecule has 0 bridgehead atoms. The normalized spacial score (nSPS) is 21.0. The number of ether oxygens (including phenoxy) is 3. The van der Waals surface area contributed by atoms with Gasteiger partial charge in [0.15, 0.2) is 6.29 Å². The molecule has 5 nitrogen and oxygen atoms in total. The molecule has 1 aromatic rings. The van der Waals surface area contributed by atoms with Crippen LogP contribution in [-0.4, -0.2) is 36.2 Å². The average molecular weight is 320 g/mol. The second-order valence-electron chi connectivity index (χ2n) is 5.58. The van der Waals surface area contributed by atoms with Crippen LogP contribution in [-0.2, 0) is 25.6 Å². The Morgan fingerprint density at radius 3 is 2.87 bits per heavy atom. The summed E-state index contributed by atoms with van der Waals surface area (Å²) in [7, 11) is 0. The summed E-state index contributed by atoms with van der Waals surface area (Å²) in [6.07, 6.45) is 3.96. The van der Waals surface area contributed by atoms with Gasteiger partial charge in [-0.2, -0.15) is 0 Å². The highest BCUT2D eigenvalue weighted by molar-refractivity contribution is 5.81. The Morgan fingerprint density at radius 2 is 2.17 bits per heavy atom. The Kier molecular flexibility index (Phi) is 7.26. The zero-order valence-electron chi connectivity index (χ0n) is 13.4. The van der Waals surface area contributed by atoms with Crippen molar-refractivity contribution in [1.29, 1.82) is 0 Å². The second-order valence-corrected chi connectivity index (χ2v) is 5.58. The number of esters is 1. The molecule has 0 spiro atoms. The van der Waals surface area contributed by atoms with Crippen molar-refractivity contribution in [3.63, 3.8) is 0 Å². The van der Waals surface area contributed by atoms with Gasteiger partial charge < -0.3 is 19.3 Å². The van der Waals surface area contributed by atoms with Crippen molar-refractivity contribution in [1.82, 2.24) is 0 Å². The zero-order chi connectivity index (χ0) is 16.5. The molecule has 5 heteroatoms. The summed E-state index contributed by atoms with van der Waals surface area (Å²) < 4.78 is 16.2. The maximum Gasteiger partial charge on any atom is 0.330 e. The van der Waals surface area contributed by atoms with Crippen LogP contribution in [0.2, 0.25) is 0 Å². The van der Waals surface area contributed by atoms with Crippen molar-refractivity contribution in [2.24, 2.45) is 0 Å². The largest absolute Gasteiger partial charge is 0.458 e. The van der Waals surface area contributed by atoms with E-state index in [4.69, 9.17) is 14.2 Å². The topological polar surface area (TPSA) is 65.0 Å². The van der Waals surface area contributed by atoms with Crippen LogP contribution in [0.1, 0.15) is 31.7 Å². The molecule has 1 heterocycles. The number of benzene rings is 1. The Morgan fingerprint density at radius 1 is 1.39 bits per heavy atom. The Labute approximate surface area is 136 Å². The van der Waals surface area contributed by atoms with Gasteiger partial charge >= 0.3 is 5.97 Å². The van der Waals surface area contributed by atoms with Gasteiger partial charge in [0, 0.05) is 12.7 Å². The fraction of sp³-hybridized carbons (Fsp3) is 0.500. The summed E-state index contributed by atoms with van der Waals surface area (Å²) in [4.78, 5) is 11.6. The molecule has 1 aliphatic rings. The molecule has 1 unspecified atom stereocenters. The molecule has 0 aromatic heterocycles. The van der Waals surface area contributed by atoms with Crippen LogP contribution in [0.4, 0.5) is 0 Å². The predicted octanol–water partition coefficient (Wildman–Crippen LogP) is 2.58. The molecule has 1 N–H and O–H groups in total. The first kappa shape index (κ1) is 17.7. The molecule has 126 valence electrons. The highest BCUT2D eigenvalue weighted by Crippen LogP contribution is 2.16. The monoisotopic (exact) mass is 320 g/mol. The first-order chi connectivity index (χ1) is 11.1. The molecule has 1 saturated heterocycles. The molecule has 1 fully saturated rings. The third-order valence-corrected chi connectivity index (χ3v) is 3.64. The van der Waals surface area contributed by atoms with Crippen molar-refractivity contribution in [2.75, 3.05) is 6.61 Å². The summed E-state index contributed by atoms with van der Waals surface area (Å²) in [6.45, 7) is 2.65. The van der Waals surface area contributed by atoms with Crippen molar-refractivity contribution >= 4 is 5.97 Å². The summed E-state index contributed by atoms with van der Waals surface area (Å²) in [5, 5.41) is 10.0. The van der Waals surface area contributed by atoms with E-state index in [9.17, 15) is 9.90 Å². The quantitative estimate of drug-likeness (QED) is 0.618. The number of carbonyl (C=O) groups is 1. The van der Waals surface area contributed by atoms with Gasteiger partial charge in [0.05, 0.1) is 12.2 Å². The number of rotatable bonds is 7. The van der Waals surface area contributed by atoms with Gasteiger partial charge in [0.25, 0.3) is 0 Å². The minimum Gasteiger partial charge on any atom is -0.458 e. The Hall–Kier alpha value is -1.69. The number of hydrogen-bond acceptors (Lipinski definition) is 5. The van der Waals surface area contributed by atoms with Gasteiger partial charge in [0.2, 0.25) is 0 Å². The van der Waals surface area contributed by atoms with E-state index >= 15 is 0 Å². The van der Waals surface area contributed by atoms with E-state index < -0.39 is 18.2 Å². The number of aliphatic hydroxyl groups is 1. The lowest BCUT2D eigenvalue weighted by Crippen LogP contribution is -2.32. The maximum absolute atomic E-state index is 11.6. The first-order valence-corrected chi connectivity index (χ1v) is 7.99. The fourth-order valence-electron chi connectivity index (χ4n) is 2.25. The fourth-order valence-corrected chi connectivity index (χ4v) is 2.25. The lowest BCUT2D eigenvalue weighted by molar-refractivity contribution is -0.197. The lowest BCUT2D eigenvalue weighted by atomic mass is 10.2. The van der Waals surface area contributed by atoms with Crippen molar-refractivity contribution in [3.8, 4) is 0 Å². The minimum absolute atomic E-state index is 0.210. The number of carbonyl (C=O) groups excluding carboxylic acids is 1. The van der Waals surface area contributed by atoms with E-state index in [1.807, 2.05) is 30.3 Å². The van der Waals surface area contributed by atoms with Gasteiger partial charge in [-0.15, -0.1) is 0 Å². The maximum atomic E-state index is 11.6. The smallest absolute Gasteiger partial charge is 0.330 e. The first-order valence-electron chi connectivity index (χ1n) is 7.99. The molecular weight excluding hydrogens is 296 g/mol. The summed E-state index contributed by atoms with van der Waals surface area (Å²) in [5.41, 5.74) is 0.918. The Balaban J connectivity index is 1.71. The van der Waals surface area contributed by atoms with Crippen molar-refractivity contribution in [3.05, 3.63) is 48.0 Å². The minimum atomic E-state index is -0.884. The molecule has 0 aliphatic carbocycles.